The Kier molecular flexibility index (Phi) is 3.04. The molecule has 2 rings (SSSR count). The molecule has 4 heteroatoms. The lowest BCUT2D eigenvalue weighted by Crippen LogP contribution is -2.25. The Labute approximate surface area is 98.6 Å². The number of methoxy groups -OCH3 is 1. The van der Waals surface area contributed by atoms with Gasteiger partial charge in [-0.05, 0) is 12.1 Å². The summed E-state index contributed by atoms with van der Waals surface area (Å²) >= 11 is 0. The molecule has 0 amide bonds. The van der Waals surface area contributed by atoms with Crippen LogP contribution in [0.1, 0.15) is 23.2 Å². The van der Waals surface area contributed by atoms with E-state index >= 15 is 0 Å². The van der Waals surface area contributed by atoms with Crippen molar-refractivity contribution in [2.24, 2.45) is 5.92 Å². The molecule has 0 aliphatic heterocycles. The molecule has 1 aromatic carbocycles. The summed E-state index contributed by atoms with van der Waals surface area (Å²) in [7, 11) is 1.50. The number of ether oxygens (including phenoxy) is 1. The van der Waals surface area contributed by atoms with Crippen molar-refractivity contribution >= 4 is 17.3 Å². The Morgan fingerprint density at radius 1 is 1.24 bits per heavy atom. The summed E-state index contributed by atoms with van der Waals surface area (Å²) < 4.78 is 5.00. The van der Waals surface area contributed by atoms with Gasteiger partial charge >= 0.3 is 0 Å². The number of carbonyl (C=O) groups is 3. The first-order chi connectivity index (χ1) is 8.13. The standard InChI is InChI=1S/C13H12O4/c1-17-9-4-2-3-8(7-9)13(16)12-10(14)5-6-11(12)15/h2-4,7,12H,5-6H2,1H3. The van der Waals surface area contributed by atoms with Gasteiger partial charge in [-0.15, -0.1) is 0 Å². The summed E-state index contributed by atoms with van der Waals surface area (Å²) in [5.41, 5.74) is 0.345. The van der Waals surface area contributed by atoms with Crippen molar-refractivity contribution in [2.75, 3.05) is 7.11 Å². The molecule has 0 aromatic heterocycles. The molecular formula is C13H12O4. The first-order valence-electron chi connectivity index (χ1n) is 5.37. The highest BCUT2D eigenvalue weighted by molar-refractivity contribution is 6.27. The Morgan fingerprint density at radius 3 is 2.47 bits per heavy atom. The number of benzene rings is 1. The van der Waals surface area contributed by atoms with E-state index in [1.54, 1.807) is 24.3 Å². The predicted octanol–water partition coefficient (Wildman–Crippen LogP) is 1.43. The Balaban J connectivity index is 2.30. The maximum Gasteiger partial charge on any atom is 0.180 e. The van der Waals surface area contributed by atoms with Crippen LogP contribution in [0.15, 0.2) is 24.3 Å². The van der Waals surface area contributed by atoms with Crippen LogP contribution in [0.3, 0.4) is 0 Å². The van der Waals surface area contributed by atoms with E-state index in [1.165, 1.54) is 7.11 Å². The predicted molar refractivity (Wildman–Crippen MR) is 60.1 cm³/mol. The smallest absolute Gasteiger partial charge is 0.180 e. The second kappa shape index (κ2) is 4.49. The third kappa shape index (κ3) is 2.11. The lowest BCUT2D eigenvalue weighted by atomic mass is 9.95. The van der Waals surface area contributed by atoms with Crippen LogP contribution in [0.25, 0.3) is 0 Å². The summed E-state index contributed by atoms with van der Waals surface area (Å²) in [6.07, 6.45) is 0.360. The topological polar surface area (TPSA) is 60.4 Å². The number of rotatable bonds is 3. The molecule has 0 atom stereocenters. The van der Waals surface area contributed by atoms with Gasteiger partial charge < -0.3 is 4.74 Å². The zero-order chi connectivity index (χ0) is 12.4. The van der Waals surface area contributed by atoms with Gasteiger partial charge in [-0.1, -0.05) is 12.1 Å². The maximum atomic E-state index is 12.0. The largest absolute Gasteiger partial charge is 0.497 e. The first kappa shape index (κ1) is 11.5. The lowest BCUT2D eigenvalue weighted by Gasteiger charge is -2.07. The summed E-state index contributed by atoms with van der Waals surface area (Å²) in [6, 6.07) is 6.50. The first-order valence-corrected chi connectivity index (χ1v) is 5.37. The number of carbonyl (C=O) groups excluding carboxylic acids is 3. The van der Waals surface area contributed by atoms with Crippen molar-refractivity contribution in [2.45, 2.75) is 12.8 Å². The molecule has 0 unspecified atom stereocenters. The molecule has 17 heavy (non-hydrogen) atoms. The molecule has 0 spiro atoms. The molecule has 1 aliphatic carbocycles. The van der Waals surface area contributed by atoms with E-state index in [0.29, 0.717) is 11.3 Å². The van der Waals surface area contributed by atoms with E-state index < -0.39 is 11.7 Å². The van der Waals surface area contributed by atoms with Gasteiger partial charge in [0.05, 0.1) is 7.11 Å². The van der Waals surface area contributed by atoms with Crippen LogP contribution in [0, 0.1) is 5.92 Å². The van der Waals surface area contributed by atoms with Gasteiger partial charge in [-0.25, -0.2) is 0 Å². The molecule has 0 N–H and O–H groups in total. The molecule has 1 aromatic rings. The average molecular weight is 232 g/mol. The summed E-state index contributed by atoms with van der Waals surface area (Å²) in [5.74, 6) is -1.53. The molecule has 0 heterocycles. The minimum Gasteiger partial charge on any atom is -0.497 e. The molecule has 0 bridgehead atoms. The Hall–Kier alpha value is -1.97. The highest BCUT2D eigenvalue weighted by Crippen LogP contribution is 2.23. The normalized spacial score (nSPS) is 16.3. The van der Waals surface area contributed by atoms with Crippen LogP contribution in [-0.4, -0.2) is 24.5 Å². The van der Waals surface area contributed by atoms with Crippen molar-refractivity contribution < 1.29 is 19.1 Å². The van der Waals surface area contributed by atoms with E-state index in [1.807, 2.05) is 0 Å². The zero-order valence-electron chi connectivity index (χ0n) is 9.43. The van der Waals surface area contributed by atoms with E-state index in [4.69, 9.17) is 4.74 Å². The molecule has 88 valence electrons. The quantitative estimate of drug-likeness (QED) is 0.584. The Bertz CT molecular complexity index is 474. The highest BCUT2D eigenvalue weighted by atomic mass is 16.5. The fraction of sp³-hybridized carbons (Fsp3) is 0.308. The van der Waals surface area contributed by atoms with Crippen LogP contribution in [0.4, 0.5) is 0 Å². The zero-order valence-corrected chi connectivity index (χ0v) is 9.43. The van der Waals surface area contributed by atoms with Gasteiger partial charge in [-0.3, -0.25) is 14.4 Å². The van der Waals surface area contributed by atoms with Crippen LogP contribution in [-0.2, 0) is 9.59 Å². The number of Topliss-reactive ketones (excluding diaryl/α,β-unsaturated/α-hetero) is 3. The molecule has 1 aliphatic rings. The van der Waals surface area contributed by atoms with Crippen molar-refractivity contribution in [3.63, 3.8) is 0 Å². The van der Waals surface area contributed by atoms with Crippen molar-refractivity contribution in [1.29, 1.82) is 0 Å². The Morgan fingerprint density at radius 2 is 1.88 bits per heavy atom. The molecule has 1 saturated carbocycles. The average Bonchev–Trinajstić information content (AvgIpc) is 2.68. The number of hydrogen-bond donors (Lipinski definition) is 0. The fourth-order valence-electron chi connectivity index (χ4n) is 1.95. The van der Waals surface area contributed by atoms with Crippen LogP contribution in [0.2, 0.25) is 0 Å². The van der Waals surface area contributed by atoms with Gasteiger partial charge in [0, 0.05) is 18.4 Å². The minimum atomic E-state index is -1.10. The second-order valence-electron chi connectivity index (χ2n) is 3.96. The van der Waals surface area contributed by atoms with E-state index in [-0.39, 0.29) is 24.4 Å². The van der Waals surface area contributed by atoms with Crippen molar-refractivity contribution in [3.8, 4) is 5.75 Å². The fourth-order valence-corrected chi connectivity index (χ4v) is 1.95. The third-order valence-electron chi connectivity index (χ3n) is 2.88. The van der Waals surface area contributed by atoms with Gasteiger partial charge in [0.15, 0.2) is 17.3 Å². The van der Waals surface area contributed by atoms with E-state index in [9.17, 15) is 14.4 Å². The van der Waals surface area contributed by atoms with Gasteiger partial charge in [0.2, 0.25) is 0 Å². The SMILES string of the molecule is COc1cccc(C(=O)C2C(=O)CCC2=O)c1. The molecule has 1 fully saturated rings. The van der Waals surface area contributed by atoms with Crippen LogP contribution >= 0.6 is 0 Å². The molecule has 0 saturated heterocycles. The van der Waals surface area contributed by atoms with E-state index in [0.717, 1.165) is 0 Å². The third-order valence-corrected chi connectivity index (χ3v) is 2.88. The number of hydrogen-bond acceptors (Lipinski definition) is 4. The molecular weight excluding hydrogens is 220 g/mol. The van der Waals surface area contributed by atoms with Crippen LogP contribution in [0.5, 0.6) is 5.75 Å². The monoisotopic (exact) mass is 232 g/mol. The van der Waals surface area contributed by atoms with Gasteiger partial charge in [0.25, 0.3) is 0 Å². The summed E-state index contributed by atoms with van der Waals surface area (Å²) in [5, 5.41) is 0. The summed E-state index contributed by atoms with van der Waals surface area (Å²) in [6.45, 7) is 0. The van der Waals surface area contributed by atoms with Crippen molar-refractivity contribution in [1.82, 2.24) is 0 Å². The van der Waals surface area contributed by atoms with Gasteiger partial charge in [0.1, 0.15) is 11.7 Å². The minimum absolute atomic E-state index is 0.180. The summed E-state index contributed by atoms with van der Waals surface area (Å²) in [4.78, 5) is 35.0. The maximum absolute atomic E-state index is 12.0. The van der Waals surface area contributed by atoms with Gasteiger partial charge in [-0.2, -0.15) is 0 Å². The highest BCUT2D eigenvalue weighted by Gasteiger charge is 2.38. The van der Waals surface area contributed by atoms with Crippen LogP contribution < -0.4 is 4.74 Å². The lowest BCUT2D eigenvalue weighted by molar-refractivity contribution is -0.125. The van der Waals surface area contributed by atoms with Crippen molar-refractivity contribution in [3.05, 3.63) is 29.8 Å². The second-order valence-corrected chi connectivity index (χ2v) is 3.96. The number of ketones is 3. The van der Waals surface area contributed by atoms with E-state index in [2.05, 4.69) is 0 Å². The molecule has 0 radical (unpaired) electrons. The molecule has 4 nitrogen and oxygen atoms in total.